The summed E-state index contributed by atoms with van der Waals surface area (Å²) in [6, 6.07) is 6.35. The van der Waals surface area contributed by atoms with Crippen molar-refractivity contribution in [2.75, 3.05) is 11.3 Å². The van der Waals surface area contributed by atoms with Gasteiger partial charge in [-0.05, 0) is 31.2 Å². The Hall–Kier alpha value is -2.55. The number of amides is 1. The van der Waals surface area contributed by atoms with Crippen molar-refractivity contribution >= 4 is 21.6 Å². The van der Waals surface area contributed by atoms with E-state index in [1.165, 1.54) is 0 Å². The Morgan fingerprint density at radius 3 is 2.62 bits per heavy atom. The maximum Gasteiger partial charge on any atom is 0.279 e. The Morgan fingerprint density at radius 1 is 1.38 bits per heavy atom. The van der Waals surface area contributed by atoms with E-state index in [1.807, 2.05) is 6.92 Å². The lowest BCUT2D eigenvalue weighted by atomic mass is 10.3. The first kappa shape index (κ1) is 14.9. The number of hydrogen-bond acceptors (Lipinski definition) is 5. The van der Waals surface area contributed by atoms with E-state index < -0.39 is 15.9 Å². The summed E-state index contributed by atoms with van der Waals surface area (Å²) < 4.78 is 31.9. The third-order valence-corrected chi connectivity index (χ3v) is 3.91. The summed E-state index contributed by atoms with van der Waals surface area (Å²) in [5, 5.41) is 5.41. The maximum absolute atomic E-state index is 12.2. The first-order valence-electron chi connectivity index (χ1n) is 6.03. The lowest BCUT2D eigenvalue weighted by molar-refractivity contribution is 0.0997. The molecule has 0 saturated carbocycles. The molecule has 21 heavy (non-hydrogen) atoms. The fourth-order valence-electron chi connectivity index (χ4n) is 1.65. The number of hydrogen-bond donors (Lipinski definition) is 3. The number of anilines is 1. The third kappa shape index (κ3) is 3.31. The molecule has 9 heteroatoms. The summed E-state index contributed by atoms with van der Waals surface area (Å²) in [5.41, 5.74) is 5.22. The highest BCUT2D eigenvalue weighted by Crippen LogP contribution is 2.20. The van der Waals surface area contributed by atoms with Gasteiger partial charge in [0.05, 0.1) is 18.4 Å². The molecule has 0 bridgehead atoms. The molecule has 112 valence electrons. The van der Waals surface area contributed by atoms with E-state index in [0.29, 0.717) is 18.0 Å². The summed E-state index contributed by atoms with van der Waals surface area (Å²) in [4.78, 5) is 11.2. The molecule has 0 spiro atoms. The van der Waals surface area contributed by atoms with Crippen molar-refractivity contribution in [3.63, 3.8) is 0 Å². The second-order valence-electron chi connectivity index (χ2n) is 4.04. The van der Waals surface area contributed by atoms with Crippen molar-refractivity contribution in [2.24, 2.45) is 5.73 Å². The largest absolute Gasteiger partial charge is 0.494 e. The molecular formula is C12H14N4O4S. The number of benzene rings is 1. The molecule has 1 heterocycles. The summed E-state index contributed by atoms with van der Waals surface area (Å²) in [6.07, 6.45) is 1.06. The van der Waals surface area contributed by atoms with Crippen molar-refractivity contribution < 1.29 is 17.9 Å². The molecule has 0 aliphatic carbocycles. The second-order valence-corrected chi connectivity index (χ2v) is 5.66. The molecule has 4 N–H and O–H groups in total. The molecule has 1 amide bonds. The summed E-state index contributed by atoms with van der Waals surface area (Å²) >= 11 is 0. The van der Waals surface area contributed by atoms with Crippen LogP contribution < -0.4 is 15.2 Å². The SMILES string of the molecule is CCOc1ccc(NS(=O)(=O)c2[nH]ncc2C(N)=O)cc1. The van der Waals surface area contributed by atoms with E-state index in [2.05, 4.69) is 14.9 Å². The number of carbonyl (C=O) groups excluding carboxylic acids is 1. The van der Waals surface area contributed by atoms with Crippen LogP contribution in [0.4, 0.5) is 5.69 Å². The van der Waals surface area contributed by atoms with Gasteiger partial charge in [0.2, 0.25) is 0 Å². The zero-order valence-electron chi connectivity index (χ0n) is 11.2. The van der Waals surface area contributed by atoms with Gasteiger partial charge in [0.15, 0.2) is 5.03 Å². The van der Waals surface area contributed by atoms with Gasteiger partial charge in [-0.2, -0.15) is 13.5 Å². The molecule has 1 aromatic heterocycles. The molecule has 0 aliphatic rings. The first-order chi connectivity index (χ1) is 9.94. The molecule has 2 rings (SSSR count). The first-order valence-corrected chi connectivity index (χ1v) is 7.51. The lowest BCUT2D eigenvalue weighted by Gasteiger charge is -2.08. The van der Waals surface area contributed by atoms with E-state index >= 15 is 0 Å². The zero-order chi connectivity index (χ0) is 15.5. The molecule has 0 fully saturated rings. The predicted octanol–water partition coefficient (Wildman–Crippen LogP) is 0.708. The van der Waals surface area contributed by atoms with Gasteiger partial charge in [-0.1, -0.05) is 0 Å². The highest BCUT2D eigenvalue weighted by molar-refractivity contribution is 7.92. The number of nitrogens with one attached hydrogen (secondary N) is 2. The molecule has 0 aliphatic heterocycles. The van der Waals surface area contributed by atoms with E-state index in [1.54, 1.807) is 24.3 Å². The van der Waals surface area contributed by atoms with Gasteiger partial charge in [-0.25, -0.2) is 0 Å². The van der Waals surface area contributed by atoms with Crippen LogP contribution in [0, 0.1) is 0 Å². The van der Waals surface area contributed by atoms with Crippen LogP contribution in [0.2, 0.25) is 0 Å². The summed E-state index contributed by atoms with van der Waals surface area (Å²) in [6.45, 7) is 2.36. The summed E-state index contributed by atoms with van der Waals surface area (Å²) in [5.74, 6) is -0.254. The number of nitrogens with zero attached hydrogens (tertiary/aromatic N) is 1. The fourth-order valence-corrected chi connectivity index (χ4v) is 2.81. The van der Waals surface area contributed by atoms with Gasteiger partial charge in [-0.15, -0.1) is 0 Å². The number of aromatic amines is 1. The van der Waals surface area contributed by atoms with Crippen LogP contribution in [0.25, 0.3) is 0 Å². The minimum absolute atomic E-state index is 0.201. The molecular weight excluding hydrogens is 296 g/mol. The van der Waals surface area contributed by atoms with E-state index in [0.717, 1.165) is 6.20 Å². The van der Waals surface area contributed by atoms with Gasteiger partial charge in [0.25, 0.3) is 15.9 Å². The van der Waals surface area contributed by atoms with Crippen LogP contribution in [0.3, 0.4) is 0 Å². The smallest absolute Gasteiger partial charge is 0.279 e. The topological polar surface area (TPSA) is 127 Å². The molecule has 0 radical (unpaired) electrons. The predicted molar refractivity (Wildman–Crippen MR) is 75.5 cm³/mol. The minimum Gasteiger partial charge on any atom is -0.494 e. The Bertz CT molecular complexity index is 737. The maximum atomic E-state index is 12.2. The number of H-pyrrole nitrogens is 1. The Kier molecular flexibility index (Phi) is 4.13. The Labute approximate surface area is 121 Å². The van der Waals surface area contributed by atoms with Crippen molar-refractivity contribution in [2.45, 2.75) is 11.9 Å². The molecule has 0 unspecified atom stereocenters. The van der Waals surface area contributed by atoms with E-state index in [4.69, 9.17) is 10.5 Å². The summed E-state index contributed by atoms with van der Waals surface area (Å²) in [7, 11) is -3.98. The average molecular weight is 310 g/mol. The monoisotopic (exact) mass is 310 g/mol. The van der Waals surface area contributed by atoms with Gasteiger partial charge >= 0.3 is 0 Å². The highest BCUT2D eigenvalue weighted by atomic mass is 32.2. The van der Waals surface area contributed by atoms with Crippen LogP contribution in [-0.4, -0.2) is 31.1 Å². The van der Waals surface area contributed by atoms with Gasteiger partial charge in [0.1, 0.15) is 5.75 Å². The van der Waals surface area contributed by atoms with Gasteiger partial charge < -0.3 is 10.5 Å². The normalized spacial score (nSPS) is 11.1. The van der Waals surface area contributed by atoms with Crippen LogP contribution in [-0.2, 0) is 10.0 Å². The van der Waals surface area contributed by atoms with Crippen LogP contribution in [0.5, 0.6) is 5.75 Å². The highest BCUT2D eigenvalue weighted by Gasteiger charge is 2.23. The Morgan fingerprint density at radius 2 is 2.05 bits per heavy atom. The standard InChI is InChI=1S/C12H14N4O4S/c1-2-20-9-5-3-8(4-6-9)16-21(18,19)12-10(11(13)17)7-14-15-12/h3-7,16H,2H2,1H3,(H2,13,17)(H,14,15). The number of ether oxygens (including phenoxy) is 1. The molecule has 8 nitrogen and oxygen atoms in total. The molecule has 0 atom stereocenters. The minimum atomic E-state index is -3.98. The van der Waals surface area contributed by atoms with E-state index in [9.17, 15) is 13.2 Å². The van der Waals surface area contributed by atoms with E-state index in [-0.39, 0.29) is 10.6 Å². The molecule has 1 aromatic carbocycles. The Balaban J connectivity index is 2.25. The third-order valence-electron chi connectivity index (χ3n) is 2.56. The van der Waals surface area contributed by atoms with Crippen molar-refractivity contribution in [1.82, 2.24) is 10.2 Å². The van der Waals surface area contributed by atoms with Crippen LogP contribution >= 0.6 is 0 Å². The molecule has 2 aromatic rings. The molecule has 0 saturated heterocycles. The number of nitrogens with two attached hydrogens (primary N) is 1. The fraction of sp³-hybridized carbons (Fsp3) is 0.167. The number of sulfonamides is 1. The second kappa shape index (κ2) is 5.83. The number of carbonyl (C=O) groups is 1. The number of rotatable bonds is 6. The van der Waals surface area contributed by atoms with Crippen LogP contribution in [0.1, 0.15) is 17.3 Å². The van der Waals surface area contributed by atoms with Crippen molar-refractivity contribution in [1.29, 1.82) is 0 Å². The number of aromatic nitrogens is 2. The average Bonchev–Trinajstić information content (AvgIpc) is 2.91. The number of primary amides is 1. The van der Waals surface area contributed by atoms with Crippen molar-refractivity contribution in [3.05, 3.63) is 36.0 Å². The van der Waals surface area contributed by atoms with Gasteiger partial charge in [0, 0.05) is 5.69 Å². The van der Waals surface area contributed by atoms with Crippen LogP contribution in [0.15, 0.2) is 35.5 Å². The lowest BCUT2D eigenvalue weighted by Crippen LogP contribution is -2.19. The zero-order valence-corrected chi connectivity index (χ0v) is 12.0. The van der Waals surface area contributed by atoms with Gasteiger partial charge in [-0.3, -0.25) is 14.6 Å². The van der Waals surface area contributed by atoms with Crippen molar-refractivity contribution in [3.8, 4) is 5.75 Å². The quantitative estimate of drug-likeness (QED) is 0.724.